The van der Waals surface area contributed by atoms with Crippen LogP contribution in [0.5, 0.6) is 0 Å². The van der Waals surface area contributed by atoms with Gasteiger partial charge < -0.3 is 15.5 Å². The number of nitrogens with zero attached hydrogens (tertiary/aromatic N) is 2. The van der Waals surface area contributed by atoms with Gasteiger partial charge in [-0.25, -0.2) is 4.39 Å². The lowest BCUT2D eigenvalue weighted by atomic mass is 10.2. The average Bonchev–Trinajstić information content (AvgIpc) is 2.88. The van der Waals surface area contributed by atoms with Crippen LogP contribution in [0.25, 0.3) is 6.08 Å². The third-order valence-electron chi connectivity index (χ3n) is 3.73. The van der Waals surface area contributed by atoms with Gasteiger partial charge in [0.05, 0.1) is 4.91 Å². The molecule has 0 aromatic heterocycles. The van der Waals surface area contributed by atoms with Crippen LogP contribution in [0.15, 0.2) is 29.2 Å². The van der Waals surface area contributed by atoms with E-state index in [0.29, 0.717) is 22.1 Å². The zero-order valence-electron chi connectivity index (χ0n) is 15.3. The zero-order valence-corrected chi connectivity index (χ0v) is 17.0. The molecule has 2 amide bonds. The minimum absolute atomic E-state index is 0.227. The molecule has 146 valence electrons. The summed E-state index contributed by atoms with van der Waals surface area (Å²) in [5.74, 6) is -0.696. The van der Waals surface area contributed by atoms with Gasteiger partial charge >= 0.3 is 0 Å². The minimum atomic E-state index is -0.349. The zero-order chi connectivity index (χ0) is 19.8. The smallest absolute Gasteiger partial charge is 0.293 e. The van der Waals surface area contributed by atoms with Gasteiger partial charge in [-0.1, -0.05) is 12.1 Å². The molecule has 0 spiro atoms. The third-order valence-corrected chi connectivity index (χ3v) is 4.93. The Morgan fingerprint density at radius 1 is 1.22 bits per heavy atom. The van der Waals surface area contributed by atoms with Crippen molar-refractivity contribution in [2.75, 3.05) is 40.3 Å². The Hall–Kier alpha value is -1.97. The molecule has 2 rings (SSSR count). The molecule has 1 saturated heterocycles. The second-order valence-corrected chi connectivity index (χ2v) is 7.63. The van der Waals surface area contributed by atoms with E-state index >= 15 is 0 Å². The molecular weight excluding hydrogens is 387 g/mol. The molecule has 27 heavy (non-hydrogen) atoms. The van der Waals surface area contributed by atoms with Gasteiger partial charge in [-0.05, 0) is 74.8 Å². The maximum Gasteiger partial charge on any atom is 0.293 e. The Morgan fingerprint density at radius 3 is 2.56 bits per heavy atom. The van der Waals surface area contributed by atoms with Crippen LogP contribution in [0.1, 0.15) is 12.0 Å². The molecule has 9 heteroatoms. The molecule has 0 radical (unpaired) electrons. The van der Waals surface area contributed by atoms with Gasteiger partial charge in [0.25, 0.3) is 11.1 Å². The first kappa shape index (κ1) is 21.3. The molecule has 1 aliphatic rings. The molecule has 6 nitrogen and oxygen atoms in total. The summed E-state index contributed by atoms with van der Waals surface area (Å²) in [6.45, 7) is 2.32. The predicted molar refractivity (Wildman–Crippen MR) is 111 cm³/mol. The topological polar surface area (TPSA) is 64.7 Å². The van der Waals surface area contributed by atoms with E-state index in [0.717, 1.165) is 31.3 Å². The maximum absolute atomic E-state index is 13.0. The Morgan fingerprint density at radius 2 is 1.89 bits per heavy atom. The predicted octanol–water partition coefficient (Wildman–Crippen LogP) is 2.28. The van der Waals surface area contributed by atoms with Crippen molar-refractivity contribution in [3.63, 3.8) is 0 Å². The van der Waals surface area contributed by atoms with Gasteiger partial charge in [0, 0.05) is 19.6 Å². The summed E-state index contributed by atoms with van der Waals surface area (Å²) in [6, 6.07) is 5.75. The van der Waals surface area contributed by atoms with Gasteiger partial charge in [-0.15, -0.1) is 0 Å². The third kappa shape index (κ3) is 6.93. The van der Waals surface area contributed by atoms with Crippen molar-refractivity contribution < 1.29 is 14.0 Å². The van der Waals surface area contributed by atoms with Crippen molar-refractivity contribution in [1.82, 2.24) is 20.4 Å². The van der Waals surface area contributed by atoms with Gasteiger partial charge in [-0.2, -0.15) is 0 Å². The second-order valence-electron chi connectivity index (χ2n) is 6.22. The standard InChI is InChI=1S/C18H23FN4O2S2/c1-22(2)10-3-8-20-17(26)21-9-11-23-16(24)15(27-18(23)25)12-13-4-6-14(19)7-5-13/h4-7,12H,3,8-11H2,1-2H3,(H2,20,21,26)/b15-12-. The van der Waals surface area contributed by atoms with E-state index in [9.17, 15) is 14.0 Å². The fraction of sp³-hybridized carbons (Fsp3) is 0.389. The normalized spacial score (nSPS) is 15.7. The van der Waals surface area contributed by atoms with Crippen molar-refractivity contribution in [3.05, 3.63) is 40.6 Å². The van der Waals surface area contributed by atoms with Crippen LogP contribution in [0.3, 0.4) is 0 Å². The summed E-state index contributed by atoms with van der Waals surface area (Å²) in [4.78, 5) is 28.1. The van der Waals surface area contributed by atoms with Crippen molar-refractivity contribution >= 4 is 46.3 Å². The van der Waals surface area contributed by atoms with Gasteiger partial charge in [0.15, 0.2) is 5.11 Å². The van der Waals surface area contributed by atoms with Crippen LogP contribution in [0.4, 0.5) is 9.18 Å². The molecule has 1 aliphatic heterocycles. The molecule has 0 bridgehead atoms. The average molecular weight is 411 g/mol. The molecule has 0 atom stereocenters. The molecule has 1 heterocycles. The molecule has 1 fully saturated rings. The van der Waals surface area contributed by atoms with E-state index in [1.54, 1.807) is 18.2 Å². The number of benzene rings is 1. The summed E-state index contributed by atoms with van der Waals surface area (Å²) < 4.78 is 13.0. The molecule has 0 unspecified atom stereocenters. The fourth-order valence-electron chi connectivity index (χ4n) is 2.34. The highest BCUT2D eigenvalue weighted by molar-refractivity contribution is 8.18. The lowest BCUT2D eigenvalue weighted by Gasteiger charge is -2.15. The van der Waals surface area contributed by atoms with E-state index in [4.69, 9.17) is 12.2 Å². The van der Waals surface area contributed by atoms with Crippen molar-refractivity contribution in [1.29, 1.82) is 0 Å². The van der Waals surface area contributed by atoms with Gasteiger partial charge in [0.1, 0.15) is 5.82 Å². The molecular formula is C18H23FN4O2S2. The fourth-order valence-corrected chi connectivity index (χ4v) is 3.41. The number of hydrogen-bond acceptors (Lipinski definition) is 5. The van der Waals surface area contributed by atoms with Crippen LogP contribution >= 0.6 is 24.0 Å². The van der Waals surface area contributed by atoms with Crippen molar-refractivity contribution in [2.24, 2.45) is 0 Å². The first-order valence-corrected chi connectivity index (χ1v) is 9.76. The summed E-state index contributed by atoms with van der Waals surface area (Å²) in [6.07, 6.45) is 2.56. The maximum atomic E-state index is 13.0. The molecule has 0 aliphatic carbocycles. The second kappa shape index (κ2) is 10.4. The summed E-state index contributed by atoms with van der Waals surface area (Å²) >= 11 is 6.06. The monoisotopic (exact) mass is 410 g/mol. The number of carbonyl (C=O) groups excluding carboxylic acids is 2. The lowest BCUT2D eigenvalue weighted by molar-refractivity contribution is -0.122. The van der Waals surface area contributed by atoms with Crippen molar-refractivity contribution in [2.45, 2.75) is 6.42 Å². The number of thioether (sulfide) groups is 1. The number of carbonyl (C=O) groups is 2. The van der Waals surface area contributed by atoms with E-state index in [-0.39, 0.29) is 23.5 Å². The van der Waals surface area contributed by atoms with E-state index < -0.39 is 0 Å². The first-order chi connectivity index (χ1) is 12.9. The number of halogens is 1. The Kier molecular flexibility index (Phi) is 8.21. The van der Waals surface area contributed by atoms with Crippen molar-refractivity contribution in [3.8, 4) is 0 Å². The Labute approximate surface area is 168 Å². The van der Waals surface area contributed by atoms with Crippen LogP contribution in [0.2, 0.25) is 0 Å². The number of amides is 2. The first-order valence-electron chi connectivity index (χ1n) is 8.54. The van der Waals surface area contributed by atoms with Crippen LogP contribution < -0.4 is 10.6 Å². The SMILES string of the molecule is CN(C)CCCNC(=S)NCCN1C(=O)S/C(=C\c2ccc(F)cc2)C1=O. The number of nitrogens with one attached hydrogen (secondary N) is 2. The highest BCUT2D eigenvalue weighted by Crippen LogP contribution is 2.31. The minimum Gasteiger partial charge on any atom is -0.363 e. The molecule has 1 aromatic rings. The van der Waals surface area contributed by atoms with E-state index in [1.165, 1.54) is 17.0 Å². The number of imide groups is 1. The number of hydrogen-bond donors (Lipinski definition) is 2. The lowest BCUT2D eigenvalue weighted by Crippen LogP contribution is -2.41. The van der Waals surface area contributed by atoms with Gasteiger partial charge in [-0.3, -0.25) is 14.5 Å². The highest BCUT2D eigenvalue weighted by atomic mass is 32.2. The Bertz CT molecular complexity index is 723. The summed E-state index contributed by atoms with van der Waals surface area (Å²) in [5, 5.41) is 6.27. The largest absolute Gasteiger partial charge is 0.363 e. The highest BCUT2D eigenvalue weighted by Gasteiger charge is 2.34. The molecule has 0 saturated carbocycles. The quantitative estimate of drug-likeness (QED) is 0.387. The Balaban J connectivity index is 1.78. The molecule has 2 N–H and O–H groups in total. The van der Waals surface area contributed by atoms with Crippen LogP contribution in [0, 0.1) is 5.82 Å². The summed E-state index contributed by atoms with van der Waals surface area (Å²) in [7, 11) is 4.02. The van der Waals surface area contributed by atoms with Gasteiger partial charge in [0.2, 0.25) is 0 Å². The van der Waals surface area contributed by atoms with E-state index in [2.05, 4.69) is 15.5 Å². The number of rotatable bonds is 8. The van der Waals surface area contributed by atoms with E-state index in [1.807, 2.05) is 14.1 Å². The summed E-state index contributed by atoms with van der Waals surface area (Å²) in [5.41, 5.74) is 0.670. The molecule has 1 aromatic carbocycles. The van der Waals surface area contributed by atoms with Crippen LogP contribution in [-0.2, 0) is 4.79 Å². The number of thiocarbonyl (C=S) groups is 1. The van der Waals surface area contributed by atoms with Crippen LogP contribution in [-0.4, -0.2) is 66.3 Å².